The third kappa shape index (κ3) is 3.83. The molecule has 1 unspecified atom stereocenters. The van der Waals surface area contributed by atoms with E-state index < -0.39 is 51.8 Å². The first-order valence-corrected chi connectivity index (χ1v) is 12.2. The normalized spacial score (nSPS) is 32.0. The molecule has 2 aromatic rings. The Bertz CT molecular complexity index is 1150. The van der Waals surface area contributed by atoms with Crippen molar-refractivity contribution in [3.05, 3.63) is 23.8 Å². The number of imidazole rings is 1. The van der Waals surface area contributed by atoms with E-state index in [4.69, 9.17) is 25.9 Å². The van der Waals surface area contributed by atoms with Gasteiger partial charge in [0.05, 0.1) is 25.1 Å². The third-order valence-corrected chi connectivity index (χ3v) is 7.77. The van der Waals surface area contributed by atoms with Crippen molar-refractivity contribution in [1.82, 2.24) is 19.5 Å². The van der Waals surface area contributed by atoms with Crippen LogP contribution in [0.4, 0.5) is 5.82 Å². The van der Waals surface area contributed by atoms with E-state index in [1.807, 2.05) is 0 Å². The second-order valence-electron chi connectivity index (χ2n) is 7.15. The molecule has 0 spiro atoms. The maximum atomic E-state index is 11.8. The van der Waals surface area contributed by atoms with Crippen molar-refractivity contribution in [1.29, 1.82) is 0 Å². The van der Waals surface area contributed by atoms with Gasteiger partial charge in [0.15, 0.2) is 17.0 Å². The molecule has 1 saturated carbocycles. The minimum absolute atomic E-state index is 0.0683. The number of aromatic nitrogens is 4. The van der Waals surface area contributed by atoms with Gasteiger partial charge < -0.3 is 34.8 Å². The molecule has 0 amide bonds. The molecule has 6 atom stereocenters. The zero-order valence-corrected chi connectivity index (χ0v) is 18.2. The summed E-state index contributed by atoms with van der Waals surface area (Å²) in [6, 6.07) is -0.801. The summed E-state index contributed by atoms with van der Waals surface area (Å²) in [7, 11) is -8.82. The highest BCUT2D eigenvalue weighted by molar-refractivity contribution is 7.60. The first-order valence-electron chi connectivity index (χ1n) is 8.76. The Hall–Kier alpha value is -1.44. The number of aliphatic hydroxyl groups excluding tert-OH is 2. The van der Waals surface area contributed by atoms with E-state index in [-0.39, 0.29) is 10.9 Å². The van der Waals surface area contributed by atoms with Gasteiger partial charge in [-0.05, 0) is 11.6 Å². The quantitative estimate of drug-likeness (QED) is 0.172. The summed E-state index contributed by atoms with van der Waals surface area (Å²) in [6.07, 6.45) is 1.74. The summed E-state index contributed by atoms with van der Waals surface area (Å²) in [4.78, 5) is 39.5. The van der Waals surface area contributed by atoms with Crippen molar-refractivity contribution in [2.45, 2.75) is 18.2 Å². The molecular formula is C14H18ClN5O9P2. The van der Waals surface area contributed by atoms with Crippen molar-refractivity contribution in [2.24, 2.45) is 11.3 Å². The number of halogens is 1. The van der Waals surface area contributed by atoms with Crippen LogP contribution in [0, 0.1) is 11.3 Å². The molecular weight excluding hydrogens is 480 g/mol. The van der Waals surface area contributed by atoms with Gasteiger partial charge in [0.1, 0.15) is 6.10 Å². The first kappa shape index (κ1) is 22.7. The molecule has 170 valence electrons. The second kappa shape index (κ2) is 7.56. The fourth-order valence-corrected chi connectivity index (χ4v) is 5.92. The molecule has 17 heteroatoms. The molecule has 2 aromatic heterocycles. The number of rotatable bonds is 7. The van der Waals surface area contributed by atoms with E-state index in [1.165, 1.54) is 17.0 Å². The molecule has 4 rings (SSSR count). The molecule has 2 heterocycles. The summed E-state index contributed by atoms with van der Waals surface area (Å²) in [5, 5.41) is 24.3. The van der Waals surface area contributed by atoms with Crippen LogP contribution < -0.4 is 5.32 Å². The smallest absolute Gasteiger partial charge is 0.389 e. The van der Waals surface area contributed by atoms with E-state index in [1.54, 1.807) is 13.1 Å². The highest BCUT2D eigenvalue weighted by atomic mass is 35.5. The monoisotopic (exact) mass is 497 g/mol. The van der Waals surface area contributed by atoms with Crippen LogP contribution in [0.15, 0.2) is 18.5 Å². The van der Waals surface area contributed by atoms with Gasteiger partial charge in [0.2, 0.25) is 5.28 Å². The van der Waals surface area contributed by atoms with Crippen molar-refractivity contribution in [2.75, 3.05) is 19.0 Å². The van der Waals surface area contributed by atoms with Gasteiger partial charge in [-0.15, -0.1) is 0 Å². The minimum Gasteiger partial charge on any atom is -0.389 e. The Balaban J connectivity index is 1.66. The lowest BCUT2D eigenvalue weighted by Crippen LogP contribution is -2.44. The largest absolute Gasteiger partial charge is 0.481 e. The summed E-state index contributed by atoms with van der Waals surface area (Å²) < 4.78 is 32.7. The Morgan fingerprint density at radius 3 is 2.58 bits per heavy atom. The van der Waals surface area contributed by atoms with Crippen LogP contribution in [-0.4, -0.2) is 70.3 Å². The van der Waals surface area contributed by atoms with E-state index >= 15 is 0 Å². The van der Waals surface area contributed by atoms with Gasteiger partial charge >= 0.3 is 15.6 Å². The SMILES string of the molecule is CNc1nc(Cl)nc2c1ncn2[C@H]1[C@H](O)[C@H](O)[C@]2(COP(=O)(O)OP(=O)(O)O)C=C[C@H]12. The summed E-state index contributed by atoms with van der Waals surface area (Å²) in [5.41, 5.74) is -0.657. The van der Waals surface area contributed by atoms with Crippen molar-refractivity contribution in [3.8, 4) is 0 Å². The number of phosphoric acid groups is 2. The number of aliphatic hydroxyl groups is 2. The number of hydrogen-bond donors (Lipinski definition) is 6. The highest BCUT2D eigenvalue weighted by Gasteiger charge is 2.63. The molecule has 0 saturated heterocycles. The van der Waals surface area contributed by atoms with Crippen molar-refractivity contribution in [3.63, 3.8) is 0 Å². The highest BCUT2D eigenvalue weighted by Crippen LogP contribution is 2.62. The van der Waals surface area contributed by atoms with Gasteiger partial charge in [0.25, 0.3) is 0 Å². The van der Waals surface area contributed by atoms with E-state index in [0.29, 0.717) is 11.3 Å². The molecule has 0 bridgehead atoms. The zero-order valence-electron chi connectivity index (χ0n) is 15.7. The Kier molecular flexibility index (Phi) is 5.55. The third-order valence-electron chi connectivity index (χ3n) is 5.47. The second-order valence-corrected chi connectivity index (χ2v) is 10.3. The zero-order chi connectivity index (χ0) is 22.8. The number of fused-ring (bicyclic) bond motifs is 2. The first-order chi connectivity index (χ1) is 14.4. The van der Waals surface area contributed by atoms with E-state index in [0.717, 1.165) is 0 Å². The number of allylic oxidation sites excluding steroid dienone is 1. The van der Waals surface area contributed by atoms with Crippen LogP contribution in [-0.2, 0) is 18.0 Å². The van der Waals surface area contributed by atoms with Crippen LogP contribution in [0.25, 0.3) is 11.2 Å². The van der Waals surface area contributed by atoms with E-state index in [2.05, 4.69) is 24.6 Å². The molecule has 6 N–H and O–H groups in total. The number of nitrogens with zero attached hydrogens (tertiary/aromatic N) is 4. The maximum Gasteiger partial charge on any atom is 0.481 e. The number of hydrogen-bond acceptors (Lipinski definition) is 10. The predicted octanol–water partition coefficient (Wildman–Crippen LogP) is 0.197. The number of anilines is 1. The van der Waals surface area contributed by atoms with E-state index in [9.17, 15) is 24.2 Å². The fraction of sp³-hybridized carbons (Fsp3) is 0.500. The summed E-state index contributed by atoms with van der Waals surface area (Å²) in [5.74, 6) is -0.243. The molecule has 0 aromatic carbocycles. The molecule has 31 heavy (non-hydrogen) atoms. The van der Waals surface area contributed by atoms with Crippen LogP contribution in [0.1, 0.15) is 6.04 Å². The minimum atomic E-state index is -5.30. The molecule has 14 nitrogen and oxygen atoms in total. The topological polar surface area (TPSA) is 209 Å². The number of nitrogens with one attached hydrogen (secondary N) is 1. The summed E-state index contributed by atoms with van der Waals surface area (Å²) in [6.45, 7) is -0.652. The average Bonchev–Trinajstić information content (AvgIpc) is 3.10. The number of phosphoric ester groups is 1. The molecule has 1 fully saturated rings. The van der Waals surface area contributed by atoms with Crippen LogP contribution in [0.2, 0.25) is 5.28 Å². The Morgan fingerprint density at radius 1 is 1.29 bits per heavy atom. The Morgan fingerprint density at radius 2 is 2.00 bits per heavy atom. The maximum absolute atomic E-state index is 11.8. The van der Waals surface area contributed by atoms with Gasteiger partial charge in [0, 0.05) is 18.4 Å². The van der Waals surface area contributed by atoms with Crippen molar-refractivity contribution < 1.29 is 42.9 Å². The van der Waals surface area contributed by atoms with Crippen LogP contribution >= 0.6 is 27.2 Å². The van der Waals surface area contributed by atoms with Gasteiger partial charge in [-0.25, -0.2) is 14.1 Å². The molecule has 0 aliphatic heterocycles. The summed E-state index contributed by atoms with van der Waals surface area (Å²) >= 11 is 5.98. The fourth-order valence-electron chi connectivity index (χ4n) is 4.10. The van der Waals surface area contributed by atoms with Crippen molar-refractivity contribution >= 4 is 44.2 Å². The lowest BCUT2D eigenvalue weighted by Gasteiger charge is -2.41. The predicted molar refractivity (Wildman–Crippen MR) is 105 cm³/mol. The standard InChI is InChI=1S/C14H18ClN5O9P2/c1-16-11-7-12(19-13(15)18-11)20(5-17-7)8-6-2-3-14(6,10(22)9(8)21)4-28-31(26,27)29-30(23,24)25/h2-3,5-6,8-10,21-22H,4H2,1H3,(H,26,27)(H,16,18,19)(H2,23,24,25)/t6-,8-,9+,10+,14+/m1/s1. The van der Waals surface area contributed by atoms with Crippen LogP contribution in [0.3, 0.4) is 0 Å². The molecule has 2 aliphatic rings. The Labute approximate surface area is 179 Å². The molecule has 0 radical (unpaired) electrons. The average molecular weight is 498 g/mol. The lowest BCUT2D eigenvalue weighted by molar-refractivity contribution is -0.0360. The lowest BCUT2D eigenvalue weighted by atomic mass is 9.68. The van der Waals surface area contributed by atoms with Crippen LogP contribution in [0.5, 0.6) is 0 Å². The van der Waals surface area contributed by atoms with Gasteiger partial charge in [-0.1, -0.05) is 12.2 Å². The van der Waals surface area contributed by atoms with Gasteiger partial charge in [-0.3, -0.25) is 4.52 Å². The molecule has 2 aliphatic carbocycles. The van der Waals surface area contributed by atoms with Gasteiger partial charge in [-0.2, -0.15) is 14.3 Å².